The molecule has 0 atom stereocenters. The number of aryl methyl sites for hydroxylation is 4. The van der Waals surface area contributed by atoms with Crippen LogP contribution in [-0.2, 0) is 16.1 Å². The molecule has 0 saturated heterocycles. The van der Waals surface area contributed by atoms with Gasteiger partial charge in [0.15, 0.2) is 5.69 Å². The van der Waals surface area contributed by atoms with Gasteiger partial charge in [-0.15, -0.1) is 11.3 Å². The molecule has 166 valence electrons. The van der Waals surface area contributed by atoms with Crippen molar-refractivity contribution in [3.8, 4) is 5.69 Å². The summed E-state index contributed by atoms with van der Waals surface area (Å²) in [6.45, 7) is 10.2. The molecule has 0 unspecified atom stereocenters. The van der Waals surface area contributed by atoms with Crippen molar-refractivity contribution in [1.82, 2.24) is 9.13 Å². The van der Waals surface area contributed by atoms with Crippen LogP contribution in [-0.4, -0.2) is 27.6 Å². The Kier molecular flexibility index (Phi) is 5.93. The Labute approximate surface area is 191 Å². The fourth-order valence-corrected chi connectivity index (χ4v) is 5.17. The van der Waals surface area contributed by atoms with Crippen LogP contribution in [0.3, 0.4) is 0 Å². The van der Waals surface area contributed by atoms with Crippen molar-refractivity contribution in [2.75, 3.05) is 11.9 Å². The zero-order valence-electron chi connectivity index (χ0n) is 19.0. The molecule has 0 aliphatic heterocycles. The summed E-state index contributed by atoms with van der Waals surface area (Å²) in [5.74, 6) is -0.627. The molecule has 0 aliphatic rings. The fourth-order valence-electron chi connectivity index (χ4n) is 4.01. The zero-order valence-corrected chi connectivity index (χ0v) is 19.8. The van der Waals surface area contributed by atoms with Gasteiger partial charge in [-0.05, 0) is 63.9 Å². The van der Waals surface area contributed by atoms with Gasteiger partial charge in [0.25, 0.3) is 0 Å². The molecule has 7 heteroatoms. The quantitative estimate of drug-likeness (QED) is 0.393. The predicted molar refractivity (Wildman–Crippen MR) is 129 cm³/mol. The third-order valence-corrected chi connectivity index (χ3v) is 6.86. The first kappa shape index (κ1) is 21.9. The maximum absolute atomic E-state index is 13.1. The first-order valence-electron chi connectivity index (χ1n) is 10.6. The SMILES string of the molecule is CCOC(=O)c1c(-n2cccc2)c2c(C)c(C)sc2n1CC(=O)Nc1ccc(C)cc1C. The van der Waals surface area contributed by atoms with Crippen molar-refractivity contribution in [3.63, 3.8) is 0 Å². The van der Waals surface area contributed by atoms with Crippen molar-refractivity contribution >= 4 is 39.1 Å². The van der Waals surface area contributed by atoms with E-state index in [0.717, 1.165) is 43.2 Å². The number of nitrogens with zero attached hydrogens (tertiary/aromatic N) is 2. The lowest BCUT2D eigenvalue weighted by Gasteiger charge is -2.13. The number of carbonyl (C=O) groups is 2. The van der Waals surface area contributed by atoms with Crippen LogP contribution in [0.1, 0.15) is 39.0 Å². The van der Waals surface area contributed by atoms with E-state index >= 15 is 0 Å². The van der Waals surface area contributed by atoms with Gasteiger partial charge in [-0.3, -0.25) is 4.79 Å². The summed E-state index contributed by atoms with van der Waals surface area (Å²) in [6.07, 6.45) is 3.81. The molecule has 1 N–H and O–H groups in total. The lowest BCUT2D eigenvalue weighted by atomic mass is 10.1. The molecule has 4 rings (SSSR count). The standard InChI is InChI=1S/C25H27N3O3S/c1-6-31-25(30)23-22(27-11-7-8-12-27)21-17(4)18(5)32-24(21)28(23)14-20(29)26-19-10-9-15(2)13-16(19)3/h7-13H,6,14H2,1-5H3,(H,26,29). The van der Waals surface area contributed by atoms with Crippen molar-refractivity contribution in [2.24, 2.45) is 0 Å². The third kappa shape index (κ3) is 3.84. The third-order valence-electron chi connectivity index (χ3n) is 5.63. The summed E-state index contributed by atoms with van der Waals surface area (Å²) in [5, 5.41) is 3.98. The highest BCUT2D eigenvalue weighted by molar-refractivity contribution is 7.19. The lowest BCUT2D eigenvalue weighted by molar-refractivity contribution is -0.116. The number of anilines is 1. The molecular formula is C25H27N3O3S. The predicted octanol–water partition coefficient (Wildman–Crippen LogP) is 5.54. The molecule has 0 saturated carbocycles. The minimum Gasteiger partial charge on any atom is -0.461 e. The highest BCUT2D eigenvalue weighted by Gasteiger charge is 2.29. The molecule has 1 aromatic carbocycles. The number of esters is 1. The van der Waals surface area contributed by atoms with E-state index in [9.17, 15) is 9.59 Å². The summed E-state index contributed by atoms with van der Waals surface area (Å²) < 4.78 is 9.13. The Morgan fingerprint density at radius 3 is 2.47 bits per heavy atom. The van der Waals surface area contributed by atoms with E-state index in [1.165, 1.54) is 0 Å². The molecular weight excluding hydrogens is 422 g/mol. The average Bonchev–Trinajstić information content (AvgIpc) is 3.43. The fraction of sp³-hybridized carbons (Fsp3) is 0.280. The number of fused-ring (bicyclic) bond motifs is 1. The number of carbonyl (C=O) groups excluding carboxylic acids is 2. The Balaban J connectivity index is 1.84. The minimum atomic E-state index is -0.434. The van der Waals surface area contributed by atoms with Crippen LogP contribution >= 0.6 is 11.3 Å². The smallest absolute Gasteiger partial charge is 0.357 e. The Bertz CT molecular complexity index is 1310. The van der Waals surface area contributed by atoms with Crippen LogP contribution in [0.4, 0.5) is 5.69 Å². The van der Waals surface area contributed by atoms with Crippen LogP contribution in [0.2, 0.25) is 0 Å². The first-order valence-corrected chi connectivity index (χ1v) is 11.4. The van der Waals surface area contributed by atoms with Gasteiger partial charge >= 0.3 is 5.97 Å². The highest BCUT2D eigenvalue weighted by atomic mass is 32.1. The topological polar surface area (TPSA) is 65.3 Å². The molecule has 3 heterocycles. The second-order valence-corrected chi connectivity index (χ2v) is 9.13. The van der Waals surface area contributed by atoms with Gasteiger partial charge in [0, 0.05) is 28.3 Å². The highest BCUT2D eigenvalue weighted by Crippen LogP contribution is 2.39. The van der Waals surface area contributed by atoms with E-state index in [1.54, 1.807) is 22.8 Å². The van der Waals surface area contributed by atoms with Crippen molar-refractivity contribution in [1.29, 1.82) is 0 Å². The van der Waals surface area contributed by atoms with Gasteiger partial charge in [0.2, 0.25) is 5.91 Å². The molecule has 0 radical (unpaired) electrons. The molecule has 0 bridgehead atoms. The molecule has 4 aromatic rings. The summed E-state index contributed by atoms with van der Waals surface area (Å²) in [6, 6.07) is 9.74. The second kappa shape index (κ2) is 8.67. The molecule has 32 heavy (non-hydrogen) atoms. The summed E-state index contributed by atoms with van der Waals surface area (Å²) >= 11 is 1.59. The van der Waals surface area contributed by atoms with Crippen molar-refractivity contribution in [2.45, 2.75) is 41.2 Å². The Hall–Kier alpha value is -3.32. The zero-order chi connectivity index (χ0) is 23.0. The number of hydrogen-bond donors (Lipinski definition) is 1. The summed E-state index contributed by atoms with van der Waals surface area (Å²) in [7, 11) is 0. The van der Waals surface area contributed by atoms with Gasteiger partial charge in [-0.2, -0.15) is 0 Å². The van der Waals surface area contributed by atoms with E-state index in [0.29, 0.717) is 5.69 Å². The van der Waals surface area contributed by atoms with Gasteiger partial charge < -0.3 is 19.2 Å². The van der Waals surface area contributed by atoms with Gasteiger partial charge in [-0.25, -0.2) is 4.79 Å². The number of rotatable bonds is 6. The van der Waals surface area contributed by atoms with E-state index in [2.05, 4.69) is 19.2 Å². The van der Waals surface area contributed by atoms with Crippen LogP contribution in [0.15, 0.2) is 42.7 Å². The normalized spacial score (nSPS) is 11.2. The number of amides is 1. The monoisotopic (exact) mass is 449 g/mol. The van der Waals surface area contributed by atoms with Gasteiger partial charge in [-0.1, -0.05) is 17.7 Å². The van der Waals surface area contributed by atoms with E-state index in [1.807, 2.05) is 61.1 Å². The molecule has 1 amide bonds. The molecule has 0 spiro atoms. The van der Waals surface area contributed by atoms with Crippen molar-refractivity contribution < 1.29 is 14.3 Å². The Morgan fingerprint density at radius 1 is 1.09 bits per heavy atom. The minimum absolute atomic E-state index is 0.0125. The number of ether oxygens (including phenoxy) is 1. The van der Waals surface area contributed by atoms with Crippen LogP contribution in [0.5, 0.6) is 0 Å². The van der Waals surface area contributed by atoms with Crippen LogP contribution < -0.4 is 5.32 Å². The maximum Gasteiger partial charge on any atom is 0.357 e. The average molecular weight is 450 g/mol. The molecule has 0 fully saturated rings. The Morgan fingerprint density at radius 2 is 1.81 bits per heavy atom. The summed E-state index contributed by atoms with van der Waals surface area (Å²) in [4.78, 5) is 28.2. The summed E-state index contributed by atoms with van der Waals surface area (Å²) in [5.41, 5.74) is 5.15. The van der Waals surface area contributed by atoms with E-state index < -0.39 is 5.97 Å². The molecule has 0 aliphatic carbocycles. The maximum atomic E-state index is 13.1. The largest absolute Gasteiger partial charge is 0.461 e. The lowest BCUT2D eigenvalue weighted by Crippen LogP contribution is -2.23. The van der Waals surface area contributed by atoms with Crippen LogP contribution in [0.25, 0.3) is 15.9 Å². The van der Waals surface area contributed by atoms with E-state index in [-0.39, 0.29) is 19.1 Å². The second-order valence-electron chi connectivity index (χ2n) is 7.92. The number of aromatic nitrogens is 2. The first-order chi connectivity index (χ1) is 15.3. The van der Waals surface area contributed by atoms with Gasteiger partial charge in [0.1, 0.15) is 11.4 Å². The number of benzene rings is 1. The van der Waals surface area contributed by atoms with Crippen LogP contribution in [0, 0.1) is 27.7 Å². The number of nitrogens with one attached hydrogen (secondary N) is 1. The van der Waals surface area contributed by atoms with Crippen molar-refractivity contribution in [3.05, 3.63) is 70.0 Å². The van der Waals surface area contributed by atoms with E-state index in [4.69, 9.17) is 4.74 Å². The van der Waals surface area contributed by atoms with Gasteiger partial charge in [0.05, 0.1) is 12.3 Å². The molecule has 6 nitrogen and oxygen atoms in total. The number of hydrogen-bond acceptors (Lipinski definition) is 4. The number of thiophene rings is 1. The molecule has 3 aromatic heterocycles.